The molecule has 2 N–H and O–H groups in total. The van der Waals surface area contributed by atoms with Gasteiger partial charge >= 0.3 is 0 Å². The monoisotopic (exact) mass is 312 g/mol. The maximum Gasteiger partial charge on any atom is 0.222 e. The lowest BCUT2D eigenvalue weighted by atomic mass is 9.89. The Balaban J connectivity index is 1.65. The van der Waals surface area contributed by atoms with Crippen molar-refractivity contribution in [2.24, 2.45) is 0 Å². The lowest BCUT2D eigenvalue weighted by Crippen LogP contribution is -2.52. The van der Waals surface area contributed by atoms with Gasteiger partial charge < -0.3 is 15.2 Å². The quantitative estimate of drug-likeness (QED) is 0.783. The third-order valence-corrected chi connectivity index (χ3v) is 4.84. The average molecular weight is 312 g/mol. The number of aliphatic hydroxyl groups excluding tert-OH is 1. The molecule has 1 heterocycles. The smallest absolute Gasteiger partial charge is 0.222 e. The summed E-state index contributed by atoms with van der Waals surface area (Å²) in [7, 11) is 0. The van der Waals surface area contributed by atoms with E-state index in [-0.39, 0.29) is 24.2 Å². The molecule has 0 aromatic rings. The predicted molar refractivity (Wildman–Crippen MR) is 86.7 cm³/mol. The molecule has 1 saturated carbocycles. The average Bonchev–Trinajstić information content (AvgIpc) is 2.48. The molecule has 0 bridgehead atoms. The van der Waals surface area contributed by atoms with Crippen molar-refractivity contribution in [3.05, 3.63) is 0 Å². The van der Waals surface area contributed by atoms with Crippen LogP contribution in [-0.2, 0) is 9.53 Å². The highest BCUT2D eigenvalue weighted by molar-refractivity contribution is 5.76. The summed E-state index contributed by atoms with van der Waals surface area (Å²) in [6.45, 7) is 6.42. The third-order valence-electron chi connectivity index (χ3n) is 4.84. The third kappa shape index (κ3) is 5.52. The molecule has 0 radical (unpaired) electrons. The van der Waals surface area contributed by atoms with Gasteiger partial charge in [0, 0.05) is 31.6 Å². The molecule has 1 amide bonds. The van der Waals surface area contributed by atoms with E-state index in [1.165, 1.54) is 6.42 Å². The van der Waals surface area contributed by atoms with Crippen LogP contribution in [0.4, 0.5) is 0 Å². The number of piperidine rings is 1. The van der Waals surface area contributed by atoms with Gasteiger partial charge in [0.2, 0.25) is 5.91 Å². The zero-order valence-electron chi connectivity index (χ0n) is 14.1. The second-order valence-corrected chi connectivity index (χ2v) is 6.97. The van der Waals surface area contributed by atoms with Crippen LogP contribution in [0.5, 0.6) is 0 Å². The number of nitrogens with zero attached hydrogens (tertiary/aromatic N) is 1. The Hall–Kier alpha value is -0.650. The van der Waals surface area contributed by atoms with Crippen molar-refractivity contribution in [2.45, 2.75) is 83.1 Å². The zero-order chi connectivity index (χ0) is 15.9. The minimum absolute atomic E-state index is 0.0943. The molecule has 5 nitrogen and oxygen atoms in total. The number of aliphatic hydroxyl groups is 1. The van der Waals surface area contributed by atoms with Gasteiger partial charge in [-0.2, -0.15) is 0 Å². The van der Waals surface area contributed by atoms with Crippen LogP contribution < -0.4 is 5.32 Å². The molecule has 2 aliphatic rings. The summed E-state index contributed by atoms with van der Waals surface area (Å²) in [5, 5.41) is 13.3. The Morgan fingerprint density at radius 2 is 1.91 bits per heavy atom. The maximum atomic E-state index is 11.9. The molecule has 2 unspecified atom stereocenters. The number of rotatable bonds is 6. The molecule has 1 aliphatic carbocycles. The first kappa shape index (κ1) is 17.7. The van der Waals surface area contributed by atoms with Gasteiger partial charge in [0.25, 0.3) is 0 Å². The van der Waals surface area contributed by atoms with Gasteiger partial charge in [0.05, 0.1) is 18.8 Å². The van der Waals surface area contributed by atoms with E-state index in [1.807, 2.05) is 13.8 Å². The van der Waals surface area contributed by atoms with Crippen molar-refractivity contribution in [3.63, 3.8) is 0 Å². The van der Waals surface area contributed by atoms with Crippen molar-refractivity contribution in [2.75, 3.05) is 19.7 Å². The van der Waals surface area contributed by atoms with Crippen LogP contribution in [0.15, 0.2) is 0 Å². The molecule has 2 atom stereocenters. The van der Waals surface area contributed by atoms with E-state index in [9.17, 15) is 9.90 Å². The summed E-state index contributed by atoms with van der Waals surface area (Å²) >= 11 is 0. The Morgan fingerprint density at radius 1 is 1.23 bits per heavy atom. The highest BCUT2D eigenvalue weighted by Gasteiger charge is 2.31. The highest BCUT2D eigenvalue weighted by Crippen LogP contribution is 2.25. The topological polar surface area (TPSA) is 61.8 Å². The lowest BCUT2D eigenvalue weighted by Gasteiger charge is -2.41. The fraction of sp³-hybridized carbons (Fsp3) is 0.941. The van der Waals surface area contributed by atoms with E-state index in [4.69, 9.17) is 4.74 Å². The summed E-state index contributed by atoms with van der Waals surface area (Å²) in [5.74, 6) is 0.0943. The van der Waals surface area contributed by atoms with Crippen LogP contribution in [0.1, 0.15) is 58.8 Å². The van der Waals surface area contributed by atoms with Crippen molar-refractivity contribution >= 4 is 5.91 Å². The molecule has 0 aromatic heterocycles. The van der Waals surface area contributed by atoms with Crippen LogP contribution in [0.2, 0.25) is 0 Å². The SMILES string of the molecule is CC(C)OCCC(=O)NC1CCN(C2CCCCC2O)CC1. The fourth-order valence-corrected chi connectivity index (χ4v) is 3.58. The van der Waals surface area contributed by atoms with Crippen LogP contribution >= 0.6 is 0 Å². The van der Waals surface area contributed by atoms with E-state index >= 15 is 0 Å². The second-order valence-electron chi connectivity index (χ2n) is 6.97. The fourth-order valence-electron chi connectivity index (χ4n) is 3.58. The van der Waals surface area contributed by atoms with E-state index < -0.39 is 0 Å². The molecule has 2 rings (SSSR count). The number of carbonyl (C=O) groups is 1. The molecule has 22 heavy (non-hydrogen) atoms. The van der Waals surface area contributed by atoms with Crippen molar-refractivity contribution in [3.8, 4) is 0 Å². The first-order chi connectivity index (χ1) is 10.6. The molecule has 5 heteroatoms. The minimum Gasteiger partial charge on any atom is -0.391 e. The molecule has 0 aromatic carbocycles. The number of likely N-dealkylation sites (tertiary alicyclic amines) is 1. The molecular weight excluding hydrogens is 280 g/mol. The van der Waals surface area contributed by atoms with Gasteiger partial charge in [0.1, 0.15) is 0 Å². The van der Waals surface area contributed by atoms with E-state index in [0.29, 0.717) is 19.1 Å². The number of hydrogen-bond donors (Lipinski definition) is 2. The predicted octanol–water partition coefficient (Wildman–Crippen LogP) is 1.69. The highest BCUT2D eigenvalue weighted by atomic mass is 16.5. The van der Waals surface area contributed by atoms with Gasteiger partial charge in [-0.15, -0.1) is 0 Å². The number of carbonyl (C=O) groups excluding carboxylic acids is 1. The second kappa shape index (κ2) is 8.85. The Morgan fingerprint density at radius 3 is 2.55 bits per heavy atom. The summed E-state index contributed by atoms with van der Waals surface area (Å²) in [6, 6.07) is 0.619. The number of ether oxygens (including phenoxy) is 1. The van der Waals surface area contributed by atoms with Gasteiger partial charge in [-0.25, -0.2) is 0 Å². The van der Waals surface area contributed by atoms with Gasteiger partial charge in [0.15, 0.2) is 0 Å². The van der Waals surface area contributed by atoms with Gasteiger partial charge in [-0.05, 0) is 39.5 Å². The van der Waals surface area contributed by atoms with Gasteiger partial charge in [-0.1, -0.05) is 12.8 Å². The first-order valence-electron chi connectivity index (χ1n) is 8.89. The van der Waals surface area contributed by atoms with Crippen LogP contribution in [0.25, 0.3) is 0 Å². The summed E-state index contributed by atoms with van der Waals surface area (Å²) < 4.78 is 5.41. The van der Waals surface area contributed by atoms with E-state index in [2.05, 4.69) is 10.2 Å². The zero-order valence-corrected chi connectivity index (χ0v) is 14.1. The number of hydrogen-bond acceptors (Lipinski definition) is 4. The number of amides is 1. The van der Waals surface area contributed by atoms with Crippen molar-refractivity contribution in [1.29, 1.82) is 0 Å². The van der Waals surface area contributed by atoms with E-state index in [0.717, 1.165) is 45.2 Å². The van der Waals surface area contributed by atoms with Gasteiger partial charge in [-0.3, -0.25) is 9.69 Å². The molecule has 0 spiro atoms. The lowest BCUT2D eigenvalue weighted by molar-refractivity contribution is -0.123. The minimum atomic E-state index is -0.159. The summed E-state index contributed by atoms with van der Waals surface area (Å²) in [5.41, 5.74) is 0. The molecular formula is C17H32N2O3. The number of nitrogens with one attached hydrogen (secondary N) is 1. The normalized spacial score (nSPS) is 28.0. The van der Waals surface area contributed by atoms with Crippen molar-refractivity contribution in [1.82, 2.24) is 10.2 Å². The standard InChI is InChI=1S/C17H32N2O3/c1-13(2)22-12-9-17(21)18-14-7-10-19(11-8-14)15-5-3-4-6-16(15)20/h13-16,20H,3-12H2,1-2H3,(H,18,21). The van der Waals surface area contributed by atoms with Crippen molar-refractivity contribution < 1.29 is 14.6 Å². The van der Waals surface area contributed by atoms with Crippen LogP contribution in [0, 0.1) is 0 Å². The van der Waals surface area contributed by atoms with Crippen LogP contribution in [-0.4, -0.2) is 59.9 Å². The van der Waals surface area contributed by atoms with E-state index in [1.54, 1.807) is 0 Å². The largest absolute Gasteiger partial charge is 0.391 e. The molecule has 1 saturated heterocycles. The molecule has 1 aliphatic heterocycles. The Kier molecular flexibility index (Phi) is 7.12. The maximum absolute atomic E-state index is 11.9. The molecule has 128 valence electrons. The summed E-state index contributed by atoms with van der Waals surface area (Å²) in [6.07, 6.45) is 6.88. The first-order valence-corrected chi connectivity index (χ1v) is 8.89. The summed E-state index contributed by atoms with van der Waals surface area (Å²) in [4.78, 5) is 14.3. The Labute approximate surface area is 134 Å². The molecule has 2 fully saturated rings. The van der Waals surface area contributed by atoms with Crippen LogP contribution in [0.3, 0.4) is 0 Å². The Bertz CT molecular complexity index is 341.